The number of ether oxygens (including phenoxy) is 2. The smallest absolute Gasteiger partial charge is 0.338 e. The van der Waals surface area contributed by atoms with Crippen LogP contribution in [0.15, 0.2) is 48.5 Å². The second-order valence-corrected chi connectivity index (χ2v) is 7.89. The van der Waals surface area contributed by atoms with E-state index >= 15 is 0 Å². The van der Waals surface area contributed by atoms with E-state index in [-0.39, 0.29) is 11.9 Å². The van der Waals surface area contributed by atoms with E-state index in [0.29, 0.717) is 18.8 Å². The van der Waals surface area contributed by atoms with Gasteiger partial charge in [-0.1, -0.05) is 30.3 Å². The van der Waals surface area contributed by atoms with E-state index in [0.717, 1.165) is 42.7 Å². The zero-order valence-corrected chi connectivity index (χ0v) is 18.4. The first-order chi connectivity index (χ1) is 15.1. The number of carbonyl (C=O) groups excluding carboxylic acids is 2. The Kier molecular flexibility index (Phi) is 8.06. The van der Waals surface area contributed by atoms with Crippen LogP contribution in [0.4, 0.5) is 5.69 Å². The largest absolute Gasteiger partial charge is 0.462 e. The maximum atomic E-state index is 12.7. The molecule has 6 heteroatoms. The van der Waals surface area contributed by atoms with E-state index in [9.17, 15) is 9.59 Å². The highest BCUT2D eigenvalue weighted by molar-refractivity contribution is 5.90. The molecule has 2 atom stereocenters. The molecule has 1 amide bonds. The molecule has 1 aliphatic rings. The molecule has 1 saturated heterocycles. The molecule has 2 N–H and O–H groups in total. The van der Waals surface area contributed by atoms with Crippen molar-refractivity contribution in [2.24, 2.45) is 5.73 Å². The van der Waals surface area contributed by atoms with Gasteiger partial charge in [0.25, 0.3) is 0 Å². The van der Waals surface area contributed by atoms with Crippen molar-refractivity contribution < 1.29 is 19.1 Å². The Balaban J connectivity index is 1.98. The molecule has 0 radical (unpaired) electrons. The maximum absolute atomic E-state index is 12.7. The molecule has 31 heavy (non-hydrogen) atoms. The molecule has 1 fully saturated rings. The van der Waals surface area contributed by atoms with Crippen molar-refractivity contribution >= 4 is 17.6 Å². The average Bonchev–Trinajstić information content (AvgIpc) is 2.80. The molecular weight excluding hydrogens is 392 g/mol. The fourth-order valence-electron chi connectivity index (χ4n) is 4.40. The fourth-order valence-corrected chi connectivity index (χ4v) is 4.40. The zero-order chi connectivity index (χ0) is 22.2. The summed E-state index contributed by atoms with van der Waals surface area (Å²) >= 11 is 0. The molecule has 0 bridgehead atoms. The minimum Gasteiger partial charge on any atom is -0.462 e. The van der Waals surface area contributed by atoms with E-state index in [1.54, 1.807) is 38.3 Å². The van der Waals surface area contributed by atoms with Crippen LogP contribution < -0.4 is 10.6 Å². The predicted molar refractivity (Wildman–Crippen MR) is 121 cm³/mol. The van der Waals surface area contributed by atoms with Crippen LogP contribution in [0.3, 0.4) is 0 Å². The molecule has 2 aromatic rings. The molecule has 166 valence electrons. The molecule has 0 saturated carbocycles. The maximum Gasteiger partial charge on any atom is 0.338 e. The summed E-state index contributed by atoms with van der Waals surface area (Å²) in [5.41, 5.74) is 9.32. The van der Waals surface area contributed by atoms with Gasteiger partial charge in [0.2, 0.25) is 5.91 Å². The Labute approximate surface area is 184 Å². The first-order valence-corrected chi connectivity index (χ1v) is 11.0. The van der Waals surface area contributed by atoms with Crippen LogP contribution >= 0.6 is 0 Å². The predicted octanol–water partition coefficient (Wildman–Crippen LogP) is 3.85. The van der Waals surface area contributed by atoms with E-state index in [4.69, 9.17) is 15.2 Å². The Morgan fingerprint density at radius 2 is 1.71 bits per heavy atom. The number of benzene rings is 2. The van der Waals surface area contributed by atoms with Gasteiger partial charge in [0.1, 0.15) is 0 Å². The van der Waals surface area contributed by atoms with Crippen LogP contribution in [0.1, 0.15) is 59.5 Å². The Morgan fingerprint density at radius 3 is 2.32 bits per heavy atom. The first-order valence-electron chi connectivity index (χ1n) is 11.0. The Bertz CT molecular complexity index is 875. The lowest BCUT2D eigenvalue weighted by Crippen LogP contribution is -2.33. The molecule has 1 aliphatic heterocycles. The number of esters is 1. The highest BCUT2D eigenvalue weighted by Crippen LogP contribution is 2.39. The number of primary amides is 1. The van der Waals surface area contributed by atoms with Crippen molar-refractivity contribution in [2.45, 2.75) is 38.0 Å². The van der Waals surface area contributed by atoms with E-state index in [1.165, 1.54) is 6.42 Å². The third-order valence-corrected chi connectivity index (χ3v) is 5.87. The normalized spacial score (nSPS) is 15.9. The highest BCUT2D eigenvalue weighted by atomic mass is 16.5. The van der Waals surface area contributed by atoms with Crippen molar-refractivity contribution in [3.8, 4) is 0 Å². The van der Waals surface area contributed by atoms with Crippen LogP contribution in [0.5, 0.6) is 0 Å². The lowest BCUT2D eigenvalue weighted by molar-refractivity contribution is -0.120. The average molecular weight is 425 g/mol. The van der Waals surface area contributed by atoms with Crippen LogP contribution in [0.2, 0.25) is 0 Å². The first kappa shape index (κ1) is 22.8. The van der Waals surface area contributed by atoms with Crippen molar-refractivity contribution in [2.75, 3.05) is 38.3 Å². The van der Waals surface area contributed by atoms with Gasteiger partial charge in [-0.25, -0.2) is 4.79 Å². The number of para-hydroxylation sites is 1. The second-order valence-electron chi connectivity index (χ2n) is 7.89. The number of hydrogen-bond donors (Lipinski definition) is 1. The molecule has 0 aromatic heterocycles. The molecule has 1 heterocycles. The molecule has 0 aliphatic carbocycles. The van der Waals surface area contributed by atoms with Gasteiger partial charge in [0, 0.05) is 31.8 Å². The van der Waals surface area contributed by atoms with Crippen LogP contribution in [0.25, 0.3) is 0 Å². The number of anilines is 1. The number of rotatable bonds is 9. The number of methoxy groups -OCH3 is 1. The molecular formula is C25H32N2O4. The van der Waals surface area contributed by atoms with Gasteiger partial charge in [-0.15, -0.1) is 0 Å². The molecule has 0 spiro atoms. The number of nitrogens with zero attached hydrogens (tertiary/aromatic N) is 1. The van der Waals surface area contributed by atoms with Gasteiger partial charge in [0.05, 0.1) is 24.7 Å². The highest BCUT2D eigenvalue weighted by Gasteiger charge is 2.32. The number of piperidine rings is 1. The standard InChI is InChI=1S/C25H32N2O4/c1-3-31-25(29)19-13-11-18(12-14-19)23(24(26)28)21(17-30-2)20-9-5-6-10-22(20)27-15-7-4-8-16-27/h5-6,9-14,21,23H,3-4,7-8,15-17H2,1-2H3,(H2,26,28). The summed E-state index contributed by atoms with van der Waals surface area (Å²) in [6.07, 6.45) is 3.58. The number of carbonyl (C=O) groups is 2. The van der Waals surface area contributed by atoms with E-state index in [2.05, 4.69) is 17.0 Å². The number of hydrogen-bond acceptors (Lipinski definition) is 5. The van der Waals surface area contributed by atoms with Crippen molar-refractivity contribution in [3.63, 3.8) is 0 Å². The third kappa shape index (κ3) is 5.44. The minimum atomic E-state index is -0.581. The third-order valence-electron chi connectivity index (χ3n) is 5.87. The number of amides is 1. The van der Waals surface area contributed by atoms with E-state index in [1.807, 2.05) is 12.1 Å². The van der Waals surface area contributed by atoms with Crippen LogP contribution in [0, 0.1) is 0 Å². The summed E-state index contributed by atoms with van der Waals surface area (Å²) in [7, 11) is 1.64. The summed E-state index contributed by atoms with van der Waals surface area (Å²) in [6, 6.07) is 15.1. The van der Waals surface area contributed by atoms with Gasteiger partial charge in [-0.05, 0) is 55.5 Å². The Hall–Kier alpha value is -2.86. The van der Waals surface area contributed by atoms with E-state index < -0.39 is 11.8 Å². The SMILES string of the molecule is CCOC(=O)c1ccc(C(C(N)=O)C(COC)c2ccccc2N2CCCCC2)cc1. The van der Waals surface area contributed by atoms with Gasteiger partial charge in [-0.2, -0.15) is 0 Å². The topological polar surface area (TPSA) is 81.9 Å². The zero-order valence-electron chi connectivity index (χ0n) is 18.4. The van der Waals surface area contributed by atoms with Gasteiger partial charge in [0.15, 0.2) is 0 Å². The van der Waals surface area contributed by atoms with Crippen molar-refractivity contribution in [1.29, 1.82) is 0 Å². The molecule has 3 rings (SSSR count). The fraction of sp³-hybridized carbons (Fsp3) is 0.440. The van der Waals surface area contributed by atoms with Crippen molar-refractivity contribution in [1.82, 2.24) is 0 Å². The minimum absolute atomic E-state index is 0.242. The molecule has 2 aromatic carbocycles. The summed E-state index contributed by atoms with van der Waals surface area (Å²) in [6.45, 7) is 4.45. The van der Waals surface area contributed by atoms with Gasteiger partial charge in [-0.3, -0.25) is 4.79 Å². The lowest BCUT2D eigenvalue weighted by Gasteiger charge is -2.34. The Morgan fingerprint density at radius 1 is 1.03 bits per heavy atom. The molecule has 6 nitrogen and oxygen atoms in total. The van der Waals surface area contributed by atoms with Gasteiger partial charge < -0.3 is 20.1 Å². The van der Waals surface area contributed by atoms with Crippen molar-refractivity contribution in [3.05, 3.63) is 65.2 Å². The summed E-state index contributed by atoms with van der Waals surface area (Å²) in [5, 5.41) is 0. The van der Waals surface area contributed by atoms with Gasteiger partial charge >= 0.3 is 5.97 Å². The monoisotopic (exact) mass is 424 g/mol. The summed E-state index contributed by atoms with van der Waals surface area (Å²) in [4.78, 5) is 27.1. The van der Waals surface area contributed by atoms with Crippen LogP contribution in [-0.4, -0.2) is 45.3 Å². The summed E-state index contributed by atoms with van der Waals surface area (Å²) in [5.74, 6) is -1.62. The van der Waals surface area contributed by atoms with Crippen LogP contribution in [-0.2, 0) is 14.3 Å². The molecule has 2 unspecified atom stereocenters. The summed E-state index contributed by atoms with van der Waals surface area (Å²) < 4.78 is 10.6. The lowest BCUT2D eigenvalue weighted by atomic mass is 9.80. The quantitative estimate of drug-likeness (QED) is 0.618. The number of nitrogens with two attached hydrogens (primary N) is 1. The second kappa shape index (κ2) is 11.0.